The third-order valence-electron chi connectivity index (χ3n) is 2.23. The lowest BCUT2D eigenvalue weighted by atomic mass is 9.99. The number of nitrogens with zero attached hydrogens (tertiary/aromatic N) is 2. The standard InChI is InChI=1S/C8H11N5O4/c9-4-8(10,11)6-2-1-5(12(14)15)3-7(6)13(16)17/h1-3H,4,9-11H2. The summed E-state index contributed by atoms with van der Waals surface area (Å²) in [6.45, 7) is -0.231. The molecule has 9 nitrogen and oxygen atoms in total. The van der Waals surface area contributed by atoms with E-state index in [1.807, 2.05) is 0 Å². The minimum absolute atomic E-state index is 0.0457. The molecule has 0 radical (unpaired) electrons. The Morgan fingerprint density at radius 2 is 1.76 bits per heavy atom. The first-order valence-electron chi connectivity index (χ1n) is 4.50. The molecule has 1 aromatic rings. The van der Waals surface area contributed by atoms with Crippen LogP contribution in [0, 0.1) is 20.2 Å². The van der Waals surface area contributed by atoms with Gasteiger partial charge >= 0.3 is 0 Å². The first-order chi connectivity index (χ1) is 7.79. The number of nitro groups is 2. The second kappa shape index (κ2) is 4.41. The number of hydrogen-bond donors (Lipinski definition) is 3. The van der Waals surface area contributed by atoms with Crippen molar-refractivity contribution in [2.75, 3.05) is 6.54 Å². The average molecular weight is 241 g/mol. The Balaban J connectivity index is 3.42. The molecule has 0 amide bonds. The van der Waals surface area contributed by atoms with Crippen molar-refractivity contribution in [3.63, 3.8) is 0 Å². The van der Waals surface area contributed by atoms with E-state index in [2.05, 4.69) is 0 Å². The van der Waals surface area contributed by atoms with Crippen molar-refractivity contribution < 1.29 is 9.85 Å². The SMILES string of the molecule is NCC(N)(N)c1ccc([N+](=O)[O-])cc1[N+](=O)[O-]. The number of non-ortho nitro benzene ring substituents is 1. The number of nitrogens with two attached hydrogens (primary N) is 3. The van der Waals surface area contributed by atoms with Crippen molar-refractivity contribution in [2.24, 2.45) is 17.2 Å². The van der Waals surface area contributed by atoms with Gasteiger partial charge in [0.25, 0.3) is 11.4 Å². The minimum atomic E-state index is -1.60. The summed E-state index contributed by atoms with van der Waals surface area (Å²) in [4.78, 5) is 19.8. The van der Waals surface area contributed by atoms with Crippen LogP contribution >= 0.6 is 0 Å². The molecule has 6 N–H and O–H groups in total. The zero-order valence-electron chi connectivity index (χ0n) is 8.70. The van der Waals surface area contributed by atoms with E-state index >= 15 is 0 Å². The molecule has 0 aliphatic carbocycles. The van der Waals surface area contributed by atoms with Crippen LogP contribution in [0.4, 0.5) is 11.4 Å². The predicted molar refractivity (Wildman–Crippen MR) is 58.9 cm³/mol. The van der Waals surface area contributed by atoms with E-state index in [1.54, 1.807) is 0 Å². The lowest BCUT2D eigenvalue weighted by Crippen LogP contribution is -2.52. The van der Waals surface area contributed by atoms with Crippen molar-refractivity contribution in [1.82, 2.24) is 0 Å². The lowest BCUT2D eigenvalue weighted by Gasteiger charge is -2.22. The molecule has 1 aromatic carbocycles. The number of benzene rings is 1. The highest BCUT2D eigenvalue weighted by Crippen LogP contribution is 2.28. The minimum Gasteiger partial charge on any atom is -0.327 e. The molecule has 17 heavy (non-hydrogen) atoms. The van der Waals surface area contributed by atoms with Crippen LogP contribution in [-0.4, -0.2) is 16.4 Å². The molecule has 0 saturated carbocycles. The quantitative estimate of drug-likeness (QED) is 0.364. The van der Waals surface area contributed by atoms with Crippen LogP contribution in [-0.2, 0) is 5.66 Å². The third kappa shape index (κ3) is 2.53. The molecular formula is C8H11N5O4. The zero-order chi connectivity index (χ0) is 13.2. The Hall–Kier alpha value is -2.10. The highest BCUT2D eigenvalue weighted by molar-refractivity contribution is 5.51. The fraction of sp³-hybridized carbons (Fsp3) is 0.250. The molecule has 0 atom stereocenters. The van der Waals surface area contributed by atoms with Gasteiger partial charge in [0.05, 0.1) is 21.5 Å². The van der Waals surface area contributed by atoms with Crippen LogP contribution in [0.25, 0.3) is 0 Å². The first kappa shape index (κ1) is 13.0. The van der Waals surface area contributed by atoms with Crippen molar-refractivity contribution in [3.8, 4) is 0 Å². The van der Waals surface area contributed by atoms with E-state index in [1.165, 1.54) is 0 Å². The van der Waals surface area contributed by atoms with Crippen molar-refractivity contribution in [2.45, 2.75) is 5.66 Å². The Morgan fingerprint density at radius 1 is 1.18 bits per heavy atom. The molecule has 0 aliphatic heterocycles. The molecule has 0 fully saturated rings. The lowest BCUT2D eigenvalue weighted by molar-refractivity contribution is -0.394. The van der Waals surface area contributed by atoms with Gasteiger partial charge in [-0.1, -0.05) is 0 Å². The zero-order valence-corrected chi connectivity index (χ0v) is 8.70. The van der Waals surface area contributed by atoms with Gasteiger partial charge in [0, 0.05) is 12.6 Å². The Labute approximate surface area is 95.5 Å². The van der Waals surface area contributed by atoms with Gasteiger partial charge in [0.2, 0.25) is 0 Å². The molecule has 0 aliphatic rings. The summed E-state index contributed by atoms with van der Waals surface area (Å²) in [7, 11) is 0. The molecule has 0 unspecified atom stereocenters. The third-order valence-corrected chi connectivity index (χ3v) is 2.23. The van der Waals surface area contributed by atoms with Gasteiger partial charge in [-0.2, -0.15) is 0 Å². The molecule has 9 heteroatoms. The van der Waals surface area contributed by atoms with Crippen molar-refractivity contribution in [3.05, 3.63) is 44.0 Å². The van der Waals surface area contributed by atoms with E-state index in [4.69, 9.17) is 17.2 Å². The molecule has 1 rings (SSSR count). The topological polar surface area (TPSA) is 164 Å². The van der Waals surface area contributed by atoms with Gasteiger partial charge < -0.3 is 17.2 Å². The van der Waals surface area contributed by atoms with Crippen LogP contribution < -0.4 is 17.2 Å². The van der Waals surface area contributed by atoms with Gasteiger partial charge in [-0.15, -0.1) is 0 Å². The van der Waals surface area contributed by atoms with Crippen LogP contribution in [0.1, 0.15) is 5.56 Å². The maximum atomic E-state index is 10.8. The molecule has 0 aromatic heterocycles. The number of rotatable bonds is 4. The van der Waals surface area contributed by atoms with Gasteiger partial charge in [-0.3, -0.25) is 20.2 Å². The number of nitro benzene ring substituents is 2. The summed E-state index contributed by atoms with van der Waals surface area (Å²) in [6, 6.07) is 3.04. The summed E-state index contributed by atoms with van der Waals surface area (Å²) in [5.41, 5.74) is 13.9. The van der Waals surface area contributed by atoms with Gasteiger partial charge in [0.1, 0.15) is 5.66 Å². The maximum absolute atomic E-state index is 10.8. The fourth-order valence-electron chi connectivity index (χ4n) is 1.29. The Bertz CT molecular complexity index is 473. The smallest absolute Gasteiger partial charge is 0.282 e. The molecule has 0 saturated heterocycles. The van der Waals surface area contributed by atoms with E-state index in [-0.39, 0.29) is 12.1 Å². The Morgan fingerprint density at radius 3 is 2.18 bits per heavy atom. The monoisotopic (exact) mass is 241 g/mol. The maximum Gasteiger partial charge on any atom is 0.282 e. The molecule has 0 spiro atoms. The van der Waals surface area contributed by atoms with Crippen LogP contribution in [0.3, 0.4) is 0 Å². The van der Waals surface area contributed by atoms with E-state index in [0.717, 1.165) is 18.2 Å². The second-order valence-corrected chi connectivity index (χ2v) is 3.46. The highest BCUT2D eigenvalue weighted by Gasteiger charge is 2.30. The average Bonchev–Trinajstić information content (AvgIpc) is 2.28. The summed E-state index contributed by atoms with van der Waals surface area (Å²) in [5, 5.41) is 21.3. The summed E-state index contributed by atoms with van der Waals surface area (Å²) in [5.74, 6) is 0. The number of hydrogen-bond acceptors (Lipinski definition) is 7. The largest absolute Gasteiger partial charge is 0.327 e. The molecule has 0 bridgehead atoms. The van der Waals surface area contributed by atoms with Crippen LogP contribution in [0.5, 0.6) is 0 Å². The van der Waals surface area contributed by atoms with Crippen LogP contribution in [0.2, 0.25) is 0 Å². The summed E-state index contributed by atoms with van der Waals surface area (Å²) < 4.78 is 0. The predicted octanol–water partition coefficient (Wildman–Crippen LogP) is -0.468. The fourth-order valence-corrected chi connectivity index (χ4v) is 1.29. The second-order valence-electron chi connectivity index (χ2n) is 3.46. The van der Waals surface area contributed by atoms with E-state index in [9.17, 15) is 20.2 Å². The normalized spacial score (nSPS) is 11.2. The molecule has 0 heterocycles. The van der Waals surface area contributed by atoms with Gasteiger partial charge in [0.15, 0.2) is 0 Å². The van der Waals surface area contributed by atoms with Gasteiger partial charge in [-0.05, 0) is 6.07 Å². The van der Waals surface area contributed by atoms with Crippen molar-refractivity contribution in [1.29, 1.82) is 0 Å². The Kier molecular flexibility index (Phi) is 3.36. The molecular weight excluding hydrogens is 230 g/mol. The molecule has 92 valence electrons. The summed E-state index contributed by atoms with van der Waals surface area (Å²) in [6.07, 6.45) is 0. The summed E-state index contributed by atoms with van der Waals surface area (Å²) >= 11 is 0. The van der Waals surface area contributed by atoms with Gasteiger partial charge in [-0.25, -0.2) is 0 Å². The first-order valence-corrected chi connectivity index (χ1v) is 4.50. The van der Waals surface area contributed by atoms with E-state index in [0.29, 0.717) is 0 Å². The highest BCUT2D eigenvalue weighted by atomic mass is 16.6. The van der Waals surface area contributed by atoms with E-state index < -0.39 is 26.9 Å². The van der Waals surface area contributed by atoms with Crippen LogP contribution in [0.15, 0.2) is 18.2 Å². The van der Waals surface area contributed by atoms with Crippen molar-refractivity contribution >= 4 is 11.4 Å².